The summed E-state index contributed by atoms with van der Waals surface area (Å²) in [6.45, 7) is 2.81. The lowest BCUT2D eigenvalue weighted by Crippen LogP contribution is -2.48. The number of piperazine rings is 1. The smallest absolute Gasteiger partial charge is 0.246 e. The molecule has 1 amide bonds. The van der Waals surface area contributed by atoms with Crippen molar-refractivity contribution >= 4 is 17.9 Å². The number of rotatable bonds is 4. The molecule has 0 spiro atoms. The molecule has 4 rings (SSSR count). The van der Waals surface area contributed by atoms with E-state index in [4.69, 9.17) is 0 Å². The highest BCUT2D eigenvalue weighted by atomic mass is 16.2. The third kappa shape index (κ3) is 4.03. The van der Waals surface area contributed by atoms with E-state index in [-0.39, 0.29) is 5.91 Å². The third-order valence-electron chi connectivity index (χ3n) is 4.54. The van der Waals surface area contributed by atoms with Crippen LogP contribution in [-0.2, 0) is 4.79 Å². The Bertz CT molecular complexity index is 897. The number of benzene rings is 1. The minimum absolute atomic E-state index is 0.0299. The van der Waals surface area contributed by atoms with Crippen molar-refractivity contribution in [3.05, 3.63) is 73.1 Å². The molecule has 1 aromatic carbocycles. The van der Waals surface area contributed by atoms with Gasteiger partial charge >= 0.3 is 0 Å². The predicted molar refractivity (Wildman–Crippen MR) is 103 cm³/mol. The molecule has 0 bridgehead atoms. The average Bonchev–Trinajstić information content (AvgIpc) is 3.28. The molecule has 7 heteroatoms. The number of amides is 1. The van der Waals surface area contributed by atoms with Gasteiger partial charge in [-0.2, -0.15) is 0 Å². The van der Waals surface area contributed by atoms with Crippen molar-refractivity contribution in [1.82, 2.24) is 24.4 Å². The van der Waals surface area contributed by atoms with Gasteiger partial charge < -0.3 is 14.4 Å². The van der Waals surface area contributed by atoms with Crippen LogP contribution in [0.2, 0.25) is 0 Å². The van der Waals surface area contributed by atoms with Gasteiger partial charge in [-0.3, -0.25) is 4.79 Å². The fourth-order valence-corrected chi connectivity index (χ4v) is 3.02. The third-order valence-corrected chi connectivity index (χ3v) is 4.54. The largest absolute Gasteiger partial charge is 0.337 e. The van der Waals surface area contributed by atoms with E-state index < -0.39 is 0 Å². The molecule has 1 saturated heterocycles. The summed E-state index contributed by atoms with van der Waals surface area (Å²) in [7, 11) is 0. The summed E-state index contributed by atoms with van der Waals surface area (Å²) in [5, 5.41) is 0. The number of carbonyl (C=O) groups is 1. The molecule has 7 nitrogen and oxygen atoms in total. The highest BCUT2D eigenvalue weighted by Gasteiger charge is 2.20. The van der Waals surface area contributed by atoms with Crippen molar-refractivity contribution < 1.29 is 4.79 Å². The lowest BCUT2D eigenvalue weighted by Gasteiger charge is -2.34. The molecule has 136 valence electrons. The molecule has 1 aliphatic heterocycles. The number of hydrogen-bond acceptors (Lipinski definition) is 5. The summed E-state index contributed by atoms with van der Waals surface area (Å²) < 4.78 is 1.94. The Labute approximate surface area is 157 Å². The number of hydrogen-bond donors (Lipinski definition) is 0. The van der Waals surface area contributed by atoms with Crippen molar-refractivity contribution in [2.75, 3.05) is 31.1 Å². The van der Waals surface area contributed by atoms with E-state index in [1.807, 2.05) is 46.0 Å². The van der Waals surface area contributed by atoms with Crippen LogP contribution in [-0.4, -0.2) is 56.5 Å². The topological polar surface area (TPSA) is 67.2 Å². The van der Waals surface area contributed by atoms with Crippen LogP contribution >= 0.6 is 0 Å². The van der Waals surface area contributed by atoms with E-state index in [0.717, 1.165) is 30.3 Å². The van der Waals surface area contributed by atoms with Crippen molar-refractivity contribution in [2.24, 2.45) is 0 Å². The van der Waals surface area contributed by atoms with Gasteiger partial charge in [-0.1, -0.05) is 12.1 Å². The second kappa shape index (κ2) is 7.82. The molecule has 0 aliphatic carbocycles. The first-order chi connectivity index (χ1) is 13.3. The fraction of sp³-hybridized carbons (Fsp3) is 0.200. The van der Waals surface area contributed by atoms with Crippen LogP contribution in [0.25, 0.3) is 11.8 Å². The van der Waals surface area contributed by atoms with Gasteiger partial charge in [-0.15, -0.1) is 0 Å². The van der Waals surface area contributed by atoms with Crippen LogP contribution in [0.4, 0.5) is 5.95 Å². The summed E-state index contributed by atoms with van der Waals surface area (Å²) in [4.78, 5) is 29.0. The van der Waals surface area contributed by atoms with E-state index in [1.54, 1.807) is 37.1 Å². The molecule has 3 aromatic rings. The van der Waals surface area contributed by atoms with Gasteiger partial charge in [-0.25, -0.2) is 15.0 Å². The second-order valence-electron chi connectivity index (χ2n) is 6.26. The second-order valence-corrected chi connectivity index (χ2v) is 6.26. The van der Waals surface area contributed by atoms with Gasteiger partial charge in [0.2, 0.25) is 11.9 Å². The van der Waals surface area contributed by atoms with Gasteiger partial charge in [-0.05, 0) is 29.8 Å². The predicted octanol–water partition coefficient (Wildman–Crippen LogP) is 2.02. The van der Waals surface area contributed by atoms with Crippen molar-refractivity contribution in [3.63, 3.8) is 0 Å². The van der Waals surface area contributed by atoms with E-state index in [0.29, 0.717) is 13.1 Å². The van der Waals surface area contributed by atoms with Crippen LogP contribution in [0, 0.1) is 0 Å². The van der Waals surface area contributed by atoms with Crippen molar-refractivity contribution in [1.29, 1.82) is 0 Å². The Morgan fingerprint density at radius 3 is 2.37 bits per heavy atom. The normalized spacial score (nSPS) is 14.7. The summed E-state index contributed by atoms with van der Waals surface area (Å²) >= 11 is 0. The Kier molecular flexibility index (Phi) is 4.91. The molecule has 27 heavy (non-hydrogen) atoms. The molecule has 0 N–H and O–H groups in total. The zero-order valence-corrected chi connectivity index (χ0v) is 14.8. The van der Waals surface area contributed by atoms with Gasteiger partial charge in [0, 0.05) is 62.7 Å². The number of imidazole rings is 1. The van der Waals surface area contributed by atoms with Gasteiger partial charge in [0.05, 0.1) is 6.33 Å². The molecule has 0 atom stereocenters. The van der Waals surface area contributed by atoms with E-state index in [1.165, 1.54) is 0 Å². The monoisotopic (exact) mass is 360 g/mol. The van der Waals surface area contributed by atoms with E-state index in [2.05, 4.69) is 19.9 Å². The highest BCUT2D eigenvalue weighted by molar-refractivity contribution is 5.92. The number of carbonyl (C=O) groups excluding carboxylic acids is 1. The Hall–Kier alpha value is -3.48. The van der Waals surface area contributed by atoms with Crippen LogP contribution in [0.5, 0.6) is 0 Å². The SMILES string of the molecule is O=C(/C=C/c1ccc(-n2ccnc2)cc1)N1CCN(c2ncccn2)CC1. The molecule has 1 aliphatic rings. The first-order valence-corrected chi connectivity index (χ1v) is 8.87. The zero-order chi connectivity index (χ0) is 18.5. The molecule has 1 fully saturated rings. The van der Waals surface area contributed by atoms with E-state index in [9.17, 15) is 4.79 Å². The van der Waals surface area contributed by atoms with Crippen molar-refractivity contribution in [2.45, 2.75) is 0 Å². The lowest BCUT2D eigenvalue weighted by molar-refractivity contribution is -0.126. The first kappa shape index (κ1) is 17.0. The molecule has 0 unspecified atom stereocenters. The van der Waals surface area contributed by atoms with Crippen LogP contribution in [0.15, 0.2) is 67.5 Å². The Balaban J connectivity index is 1.33. The van der Waals surface area contributed by atoms with Gasteiger partial charge in [0.25, 0.3) is 0 Å². The molecule has 0 saturated carbocycles. The van der Waals surface area contributed by atoms with Crippen molar-refractivity contribution in [3.8, 4) is 5.69 Å². The maximum absolute atomic E-state index is 12.4. The molecule has 2 aromatic heterocycles. The van der Waals surface area contributed by atoms with E-state index >= 15 is 0 Å². The number of nitrogens with zero attached hydrogens (tertiary/aromatic N) is 6. The maximum Gasteiger partial charge on any atom is 0.246 e. The average molecular weight is 360 g/mol. The lowest BCUT2D eigenvalue weighted by atomic mass is 10.2. The summed E-state index contributed by atoms with van der Waals surface area (Å²) in [6, 6.07) is 9.79. The van der Waals surface area contributed by atoms with Gasteiger partial charge in [0.1, 0.15) is 0 Å². The van der Waals surface area contributed by atoms with Crippen LogP contribution < -0.4 is 4.90 Å². The Morgan fingerprint density at radius 1 is 0.963 bits per heavy atom. The minimum atomic E-state index is 0.0299. The molecule has 0 radical (unpaired) electrons. The minimum Gasteiger partial charge on any atom is -0.337 e. The zero-order valence-electron chi connectivity index (χ0n) is 14.8. The maximum atomic E-state index is 12.4. The Morgan fingerprint density at radius 2 is 1.70 bits per heavy atom. The molecular weight excluding hydrogens is 340 g/mol. The highest BCUT2D eigenvalue weighted by Crippen LogP contribution is 2.12. The molecular formula is C20H20N6O. The fourth-order valence-electron chi connectivity index (χ4n) is 3.02. The summed E-state index contributed by atoms with van der Waals surface area (Å²) in [5.41, 5.74) is 2.03. The summed E-state index contributed by atoms with van der Waals surface area (Å²) in [6.07, 6.45) is 12.4. The summed E-state index contributed by atoms with van der Waals surface area (Å²) in [5.74, 6) is 0.750. The van der Waals surface area contributed by atoms with Crippen LogP contribution in [0.1, 0.15) is 5.56 Å². The first-order valence-electron chi connectivity index (χ1n) is 8.87. The number of anilines is 1. The van der Waals surface area contributed by atoms with Gasteiger partial charge in [0.15, 0.2) is 0 Å². The standard InChI is InChI=1S/C20H20N6O/c27-19(24-12-14-25(15-13-24)20-22-8-1-9-23-20)7-4-17-2-5-18(6-3-17)26-11-10-21-16-26/h1-11,16H,12-15H2/b7-4+. The molecule has 3 heterocycles. The van der Waals surface area contributed by atoms with Crippen LogP contribution in [0.3, 0.4) is 0 Å². The number of aromatic nitrogens is 4. The quantitative estimate of drug-likeness (QED) is 0.666.